The molecule has 0 bridgehead atoms. The highest BCUT2D eigenvalue weighted by Crippen LogP contribution is 2.15. The van der Waals surface area contributed by atoms with Crippen LogP contribution in [0, 0.1) is 11.7 Å². The van der Waals surface area contributed by atoms with Crippen LogP contribution in [0.4, 0.5) is 4.39 Å². The van der Waals surface area contributed by atoms with Crippen molar-refractivity contribution in [1.82, 2.24) is 4.90 Å². The van der Waals surface area contributed by atoms with Crippen LogP contribution in [0.3, 0.4) is 0 Å². The maximum Gasteiger partial charge on any atom is 0.123 e. The third-order valence-electron chi connectivity index (χ3n) is 3.55. The monoisotopic (exact) mass is 288 g/mol. The van der Waals surface area contributed by atoms with Crippen molar-refractivity contribution in [2.45, 2.75) is 19.4 Å². The normalized spacial score (nSPS) is 23.7. The number of piperidine rings is 1. The van der Waals surface area contributed by atoms with Gasteiger partial charge in [0.2, 0.25) is 0 Å². The summed E-state index contributed by atoms with van der Waals surface area (Å²) in [6, 6.07) is 6.47. The Kier molecular flexibility index (Phi) is 6.55. The number of ether oxygens (including phenoxy) is 1. The van der Waals surface area contributed by atoms with Gasteiger partial charge in [0.25, 0.3) is 0 Å². The second-order valence-corrected chi connectivity index (χ2v) is 5.03. The number of benzene rings is 1. The molecule has 0 saturated carbocycles. The van der Waals surface area contributed by atoms with Gasteiger partial charge in [-0.15, -0.1) is 12.4 Å². The summed E-state index contributed by atoms with van der Waals surface area (Å²) in [6.07, 6.45) is 1.05. The van der Waals surface area contributed by atoms with Crippen molar-refractivity contribution >= 4 is 12.4 Å². The van der Waals surface area contributed by atoms with Gasteiger partial charge in [-0.3, -0.25) is 4.90 Å². The number of nitrogens with two attached hydrogens (primary N) is 1. The molecular weight excluding hydrogens is 267 g/mol. The molecule has 1 fully saturated rings. The van der Waals surface area contributed by atoms with Crippen LogP contribution < -0.4 is 10.5 Å². The Hall–Kier alpha value is -0.840. The number of hydrogen-bond donors (Lipinski definition) is 1. The lowest BCUT2D eigenvalue weighted by atomic mass is 9.95. The highest BCUT2D eigenvalue weighted by atomic mass is 35.5. The predicted octanol–water partition coefficient (Wildman–Crippen LogP) is 2.30. The zero-order chi connectivity index (χ0) is 13.0. The van der Waals surface area contributed by atoms with Crippen molar-refractivity contribution in [1.29, 1.82) is 0 Å². The zero-order valence-corrected chi connectivity index (χ0v) is 12.0. The summed E-state index contributed by atoms with van der Waals surface area (Å²) in [7, 11) is 0. The third kappa shape index (κ3) is 4.97. The quantitative estimate of drug-likeness (QED) is 0.924. The second kappa shape index (κ2) is 7.68. The van der Waals surface area contributed by atoms with Gasteiger partial charge in [-0.1, -0.05) is 6.92 Å². The lowest BCUT2D eigenvalue weighted by Gasteiger charge is -2.34. The van der Waals surface area contributed by atoms with Gasteiger partial charge in [0.1, 0.15) is 18.2 Å². The molecule has 1 aromatic rings. The van der Waals surface area contributed by atoms with Gasteiger partial charge in [0, 0.05) is 19.1 Å². The van der Waals surface area contributed by atoms with Crippen molar-refractivity contribution in [2.75, 3.05) is 26.2 Å². The highest BCUT2D eigenvalue weighted by Gasteiger charge is 2.22. The molecule has 1 aliphatic rings. The summed E-state index contributed by atoms with van der Waals surface area (Å²) in [5.74, 6) is 1.03. The Morgan fingerprint density at radius 1 is 1.37 bits per heavy atom. The van der Waals surface area contributed by atoms with Crippen LogP contribution in [0.25, 0.3) is 0 Å². The van der Waals surface area contributed by atoms with E-state index >= 15 is 0 Å². The first-order valence-corrected chi connectivity index (χ1v) is 6.51. The molecule has 0 aromatic heterocycles. The van der Waals surface area contributed by atoms with E-state index in [9.17, 15) is 4.39 Å². The molecule has 0 radical (unpaired) electrons. The molecule has 108 valence electrons. The maximum atomic E-state index is 12.7. The van der Waals surface area contributed by atoms with E-state index in [-0.39, 0.29) is 18.2 Å². The van der Waals surface area contributed by atoms with Gasteiger partial charge < -0.3 is 10.5 Å². The van der Waals surface area contributed by atoms with Gasteiger partial charge in [-0.25, -0.2) is 4.39 Å². The summed E-state index contributed by atoms with van der Waals surface area (Å²) in [5.41, 5.74) is 5.98. The fraction of sp³-hybridized carbons (Fsp3) is 0.571. The average Bonchev–Trinajstić information content (AvgIpc) is 2.36. The van der Waals surface area contributed by atoms with Gasteiger partial charge in [0.05, 0.1) is 0 Å². The Morgan fingerprint density at radius 3 is 2.68 bits per heavy atom. The fourth-order valence-corrected chi connectivity index (χ4v) is 2.28. The van der Waals surface area contributed by atoms with Crippen LogP contribution >= 0.6 is 12.4 Å². The second-order valence-electron chi connectivity index (χ2n) is 5.03. The molecule has 0 aliphatic carbocycles. The minimum Gasteiger partial charge on any atom is -0.492 e. The summed E-state index contributed by atoms with van der Waals surface area (Å²) in [4.78, 5) is 2.37. The minimum absolute atomic E-state index is 0. The van der Waals surface area contributed by atoms with Gasteiger partial charge >= 0.3 is 0 Å². The van der Waals surface area contributed by atoms with E-state index in [1.54, 1.807) is 12.1 Å². The van der Waals surface area contributed by atoms with Crippen LogP contribution in [-0.4, -0.2) is 37.2 Å². The average molecular weight is 289 g/mol. The molecule has 0 amide bonds. The smallest absolute Gasteiger partial charge is 0.123 e. The summed E-state index contributed by atoms with van der Waals surface area (Å²) < 4.78 is 18.3. The molecule has 2 unspecified atom stereocenters. The van der Waals surface area contributed by atoms with E-state index in [0.29, 0.717) is 18.6 Å². The first-order valence-electron chi connectivity index (χ1n) is 6.51. The maximum absolute atomic E-state index is 12.7. The molecule has 0 spiro atoms. The van der Waals surface area contributed by atoms with Crippen molar-refractivity contribution in [3.8, 4) is 5.75 Å². The topological polar surface area (TPSA) is 38.5 Å². The third-order valence-corrected chi connectivity index (χ3v) is 3.55. The van der Waals surface area contributed by atoms with E-state index in [1.807, 2.05) is 0 Å². The van der Waals surface area contributed by atoms with Crippen molar-refractivity contribution in [3.05, 3.63) is 30.1 Å². The SMILES string of the molecule is CC1CN(CCOc2ccc(F)cc2)CCC1N.Cl. The number of nitrogens with zero attached hydrogens (tertiary/aromatic N) is 1. The molecule has 1 heterocycles. The molecule has 2 rings (SSSR count). The summed E-state index contributed by atoms with van der Waals surface area (Å²) >= 11 is 0. The van der Waals surface area contributed by atoms with E-state index < -0.39 is 0 Å². The summed E-state index contributed by atoms with van der Waals surface area (Å²) in [6.45, 7) is 5.80. The molecule has 1 aliphatic heterocycles. The fourth-order valence-electron chi connectivity index (χ4n) is 2.28. The van der Waals surface area contributed by atoms with Crippen molar-refractivity contribution in [3.63, 3.8) is 0 Å². The first-order chi connectivity index (χ1) is 8.65. The van der Waals surface area contributed by atoms with E-state index in [1.165, 1.54) is 12.1 Å². The minimum atomic E-state index is -0.235. The molecular formula is C14H22ClFN2O. The lowest BCUT2D eigenvalue weighted by molar-refractivity contribution is 0.140. The molecule has 19 heavy (non-hydrogen) atoms. The largest absolute Gasteiger partial charge is 0.492 e. The van der Waals surface area contributed by atoms with E-state index in [0.717, 1.165) is 31.8 Å². The van der Waals surface area contributed by atoms with Gasteiger partial charge in [-0.05, 0) is 43.1 Å². The highest BCUT2D eigenvalue weighted by molar-refractivity contribution is 5.85. The Morgan fingerprint density at radius 2 is 2.05 bits per heavy atom. The van der Waals surface area contributed by atoms with E-state index in [2.05, 4.69) is 11.8 Å². The van der Waals surface area contributed by atoms with Crippen LogP contribution in [0.15, 0.2) is 24.3 Å². The number of hydrogen-bond acceptors (Lipinski definition) is 3. The van der Waals surface area contributed by atoms with Crippen LogP contribution in [-0.2, 0) is 0 Å². The first kappa shape index (κ1) is 16.2. The van der Waals surface area contributed by atoms with Crippen LogP contribution in [0.1, 0.15) is 13.3 Å². The molecule has 1 saturated heterocycles. The van der Waals surface area contributed by atoms with Crippen LogP contribution in [0.5, 0.6) is 5.75 Å². The molecule has 5 heteroatoms. The molecule has 2 N–H and O–H groups in total. The van der Waals surface area contributed by atoms with Crippen molar-refractivity contribution < 1.29 is 9.13 Å². The standard InChI is InChI=1S/C14H21FN2O.ClH/c1-11-10-17(7-6-14(11)16)8-9-18-13-4-2-12(15)3-5-13;/h2-5,11,14H,6-10,16H2,1H3;1H. The molecule has 1 aromatic carbocycles. The molecule has 2 atom stereocenters. The molecule has 3 nitrogen and oxygen atoms in total. The Labute approximate surface area is 120 Å². The Bertz CT molecular complexity index is 374. The summed E-state index contributed by atoms with van der Waals surface area (Å²) in [5, 5.41) is 0. The van der Waals surface area contributed by atoms with Crippen LogP contribution in [0.2, 0.25) is 0 Å². The van der Waals surface area contributed by atoms with Gasteiger partial charge in [-0.2, -0.15) is 0 Å². The lowest BCUT2D eigenvalue weighted by Crippen LogP contribution is -2.46. The van der Waals surface area contributed by atoms with Gasteiger partial charge in [0.15, 0.2) is 0 Å². The van der Waals surface area contributed by atoms with Crippen molar-refractivity contribution in [2.24, 2.45) is 11.7 Å². The predicted molar refractivity (Wildman–Crippen MR) is 77.3 cm³/mol. The zero-order valence-electron chi connectivity index (χ0n) is 11.2. The Balaban J connectivity index is 0.00000180. The number of halogens is 2. The number of likely N-dealkylation sites (tertiary alicyclic amines) is 1. The number of rotatable bonds is 4. The van der Waals surface area contributed by atoms with E-state index in [4.69, 9.17) is 10.5 Å².